The molecule has 0 aromatic heterocycles. The predicted molar refractivity (Wildman–Crippen MR) is 75.9 cm³/mol. The lowest BCUT2D eigenvalue weighted by atomic mass is 10.2. The summed E-state index contributed by atoms with van der Waals surface area (Å²) in [5.41, 5.74) is 0.590. The molecule has 1 rings (SSSR count). The number of methoxy groups -OCH3 is 1. The van der Waals surface area contributed by atoms with Crippen LogP contribution in [-0.4, -0.2) is 45.2 Å². The largest absolute Gasteiger partial charge is 0.494 e. The second-order valence-electron chi connectivity index (χ2n) is 4.21. The van der Waals surface area contributed by atoms with Gasteiger partial charge in [0.1, 0.15) is 18.1 Å². The molecule has 5 heteroatoms. The van der Waals surface area contributed by atoms with Crippen molar-refractivity contribution in [2.75, 3.05) is 39.7 Å². The number of nitrogens with one attached hydrogen (secondary N) is 1. The van der Waals surface area contributed by atoms with Crippen LogP contribution in [0.3, 0.4) is 0 Å². The van der Waals surface area contributed by atoms with E-state index in [1.807, 2.05) is 19.0 Å². The average Bonchev–Trinajstić information content (AvgIpc) is 2.39. The van der Waals surface area contributed by atoms with Crippen LogP contribution in [0.15, 0.2) is 30.9 Å². The summed E-state index contributed by atoms with van der Waals surface area (Å²) in [5.74, 6) is 0.979. The van der Waals surface area contributed by atoms with Gasteiger partial charge in [-0.1, -0.05) is 6.58 Å². The van der Waals surface area contributed by atoms with Gasteiger partial charge in [0.05, 0.1) is 12.8 Å². The van der Waals surface area contributed by atoms with Crippen molar-refractivity contribution in [2.24, 2.45) is 0 Å². The average molecular weight is 264 g/mol. The molecule has 1 aromatic rings. The first-order valence-electron chi connectivity index (χ1n) is 5.95. The molecular formula is C14H20N2O3. The Morgan fingerprint density at radius 2 is 2.21 bits per heavy atom. The van der Waals surface area contributed by atoms with Gasteiger partial charge in [-0.25, -0.2) is 0 Å². The summed E-state index contributed by atoms with van der Waals surface area (Å²) >= 11 is 0. The van der Waals surface area contributed by atoms with E-state index in [0.717, 1.165) is 6.54 Å². The van der Waals surface area contributed by atoms with Crippen LogP contribution in [-0.2, 0) is 4.79 Å². The number of anilines is 1. The maximum absolute atomic E-state index is 11.3. The van der Waals surface area contributed by atoms with E-state index in [2.05, 4.69) is 11.9 Å². The Hall–Kier alpha value is -2.01. The van der Waals surface area contributed by atoms with E-state index in [4.69, 9.17) is 9.47 Å². The van der Waals surface area contributed by atoms with E-state index >= 15 is 0 Å². The molecule has 5 nitrogen and oxygen atoms in total. The minimum absolute atomic E-state index is 0.278. The summed E-state index contributed by atoms with van der Waals surface area (Å²) in [6, 6.07) is 5.27. The van der Waals surface area contributed by atoms with Gasteiger partial charge in [-0.2, -0.15) is 0 Å². The van der Waals surface area contributed by atoms with Crippen molar-refractivity contribution in [1.29, 1.82) is 0 Å². The number of carbonyl (C=O) groups excluding carboxylic acids is 1. The van der Waals surface area contributed by atoms with Gasteiger partial charge in [-0.3, -0.25) is 4.79 Å². The third-order valence-corrected chi connectivity index (χ3v) is 2.42. The van der Waals surface area contributed by atoms with Crippen LogP contribution in [0.2, 0.25) is 0 Å². The van der Waals surface area contributed by atoms with E-state index in [9.17, 15) is 4.79 Å². The lowest BCUT2D eigenvalue weighted by Crippen LogP contribution is -2.19. The monoisotopic (exact) mass is 264 g/mol. The van der Waals surface area contributed by atoms with E-state index in [1.165, 1.54) is 6.08 Å². The Balaban J connectivity index is 2.72. The highest BCUT2D eigenvalue weighted by Crippen LogP contribution is 2.29. The van der Waals surface area contributed by atoms with Gasteiger partial charge >= 0.3 is 0 Å². The molecule has 0 spiro atoms. The van der Waals surface area contributed by atoms with Crippen molar-refractivity contribution in [3.63, 3.8) is 0 Å². The molecule has 0 heterocycles. The first-order chi connectivity index (χ1) is 9.06. The predicted octanol–water partition coefficient (Wildman–Crippen LogP) is 1.76. The number of carbonyl (C=O) groups is 1. The molecule has 19 heavy (non-hydrogen) atoms. The fourth-order valence-electron chi connectivity index (χ4n) is 1.39. The van der Waals surface area contributed by atoms with Gasteiger partial charge in [0.25, 0.3) is 0 Å². The number of benzene rings is 1. The summed E-state index contributed by atoms with van der Waals surface area (Å²) < 4.78 is 10.8. The first kappa shape index (κ1) is 15.0. The smallest absolute Gasteiger partial charge is 0.247 e. The molecule has 0 bridgehead atoms. The van der Waals surface area contributed by atoms with Crippen molar-refractivity contribution in [3.05, 3.63) is 30.9 Å². The number of rotatable bonds is 7. The van der Waals surface area contributed by atoms with Gasteiger partial charge in [0.15, 0.2) is 0 Å². The second-order valence-corrected chi connectivity index (χ2v) is 4.21. The molecule has 0 atom stereocenters. The maximum atomic E-state index is 11.3. The zero-order valence-corrected chi connectivity index (χ0v) is 11.6. The summed E-state index contributed by atoms with van der Waals surface area (Å²) in [7, 11) is 5.51. The zero-order valence-electron chi connectivity index (χ0n) is 11.6. The lowest BCUT2D eigenvalue weighted by Gasteiger charge is -2.13. The van der Waals surface area contributed by atoms with Crippen molar-refractivity contribution >= 4 is 11.6 Å². The zero-order chi connectivity index (χ0) is 14.3. The minimum Gasteiger partial charge on any atom is -0.494 e. The molecule has 1 amide bonds. The Morgan fingerprint density at radius 3 is 2.79 bits per heavy atom. The van der Waals surface area contributed by atoms with Crippen LogP contribution < -0.4 is 14.8 Å². The number of ether oxygens (including phenoxy) is 2. The summed E-state index contributed by atoms with van der Waals surface area (Å²) in [4.78, 5) is 13.3. The Morgan fingerprint density at radius 1 is 1.47 bits per heavy atom. The topological polar surface area (TPSA) is 50.8 Å². The van der Waals surface area contributed by atoms with E-state index in [-0.39, 0.29) is 5.91 Å². The molecule has 0 saturated carbocycles. The number of hydrogen-bond donors (Lipinski definition) is 1. The highest BCUT2D eigenvalue weighted by Gasteiger charge is 2.07. The van der Waals surface area contributed by atoms with Crippen LogP contribution in [0.25, 0.3) is 0 Å². The van der Waals surface area contributed by atoms with E-state index in [1.54, 1.807) is 25.3 Å². The van der Waals surface area contributed by atoms with Gasteiger partial charge in [0, 0.05) is 12.6 Å². The molecule has 1 N–H and O–H groups in total. The van der Waals surface area contributed by atoms with Crippen LogP contribution >= 0.6 is 0 Å². The fraction of sp³-hybridized carbons (Fsp3) is 0.357. The molecule has 104 valence electrons. The SMILES string of the molecule is C=CC(=O)Nc1ccc(OCCN(C)C)cc1OC. The number of amides is 1. The van der Waals surface area contributed by atoms with Gasteiger partial charge in [-0.15, -0.1) is 0 Å². The molecule has 0 unspecified atom stereocenters. The van der Waals surface area contributed by atoms with Crippen molar-refractivity contribution < 1.29 is 14.3 Å². The third-order valence-electron chi connectivity index (χ3n) is 2.42. The van der Waals surface area contributed by atoms with Crippen LogP contribution in [0.5, 0.6) is 11.5 Å². The van der Waals surface area contributed by atoms with Gasteiger partial charge < -0.3 is 19.7 Å². The van der Waals surface area contributed by atoms with E-state index < -0.39 is 0 Å². The normalized spacial score (nSPS) is 10.1. The second kappa shape index (κ2) is 7.43. The summed E-state index contributed by atoms with van der Waals surface area (Å²) in [6.45, 7) is 4.83. The standard InChI is InChI=1S/C14H20N2O3/c1-5-14(17)15-12-7-6-11(10-13(12)18-4)19-9-8-16(2)3/h5-7,10H,1,8-9H2,2-4H3,(H,15,17). The molecule has 0 fully saturated rings. The Labute approximate surface area is 113 Å². The van der Waals surface area contributed by atoms with Crippen molar-refractivity contribution in [3.8, 4) is 11.5 Å². The molecule has 0 saturated heterocycles. The number of nitrogens with zero attached hydrogens (tertiary/aromatic N) is 1. The summed E-state index contributed by atoms with van der Waals surface area (Å²) in [6.07, 6.45) is 1.21. The quantitative estimate of drug-likeness (QED) is 0.762. The van der Waals surface area contributed by atoms with Gasteiger partial charge in [0.2, 0.25) is 5.91 Å². The van der Waals surface area contributed by atoms with Crippen molar-refractivity contribution in [1.82, 2.24) is 4.90 Å². The molecule has 0 aliphatic rings. The summed E-state index contributed by atoms with van der Waals surface area (Å²) in [5, 5.41) is 2.67. The Bertz CT molecular complexity index is 444. The van der Waals surface area contributed by atoms with Crippen LogP contribution in [0.4, 0.5) is 5.69 Å². The molecule has 0 aliphatic carbocycles. The molecule has 0 radical (unpaired) electrons. The highest BCUT2D eigenvalue weighted by atomic mass is 16.5. The molecule has 0 aliphatic heterocycles. The first-order valence-corrected chi connectivity index (χ1v) is 5.95. The molecule has 1 aromatic carbocycles. The lowest BCUT2D eigenvalue weighted by molar-refractivity contribution is -0.111. The van der Waals surface area contributed by atoms with Crippen molar-refractivity contribution in [2.45, 2.75) is 0 Å². The molecular weight excluding hydrogens is 244 g/mol. The minimum atomic E-state index is -0.278. The number of hydrogen-bond acceptors (Lipinski definition) is 4. The highest BCUT2D eigenvalue weighted by molar-refractivity contribution is 5.99. The van der Waals surface area contributed by atoms with Gasteiger partial charge in [-0.05, 0) is 32.3 Å². The number of likely N-dealkylation sites (N-methyl/N-ethyl adjacent to an activating group) is 1. The third kappa shape index (κ3) is 5.01. The fourth-order valence-corrected chi connectivity index (χ4v) is 1.39. The van der Waals surface area contributed by atoms with Crippen LogP contribution in [0.1, 0.15) is 0 Å². The van der Waals surface area contributed by atoms with E-state index in [0.29, 0.717) is 23.8 Å². The maximum Gasteiger partial charge on any atom is 0.247 e. The Kier molecular flexibility index (Phi) is 5.89. The van der Waals surface area contributed by atoms with Crippen LogP contribution in [0, 0.1) is 0 Å².